The molecule has 2 N–H and O–H groups in total. The minimum absolute atomic E-state index is 0.000177. The zero-order valence-corrected chi connectivity index (χ0v) is 13.4. The van der Waals surface area contributed by atoms with Crippen molar-refractivity contribution in [3.63, 3.8) is 0 Å². The van der Waals surface area contributed by atoms with Crippen molar-refractivity contribution in [1.82, 2.24) is 10.6 Å². The van der Waals surface area contributed by atoms with Gasteiger partial charge in [0, 0.05) is 12.6 Å². The van der Waals surface area contributed by atoms with Crippen LogP contribution in [0.3, 0.4) is 0 Å². The van der Waals surface area contributed by atoms with Crippen molar-refractivity contribution in [3.05, 3.63) is 22.2 Å². The van der Waals surface area contributed by atoms with Crippen molar-refractivity contribution in [2.75, 3.05) is 6.79 Å². The van der Waals surface area contributed by atoms with E-state index in [1.807, 2.05) is 32.9 Å². The second-order valence-electron chi connectivity index (χ2n) is 5.08. The highest BCUT2D eigenvalue weighted by Gasteiger charge is 2.19. The lowest BCUT2D eigenvalue weighted by Crippen LogP contribution is -2.44. The molecule has 1 amide bonds. The number of hydrogen-bond donors (Lipinski definition) is 2. The molecule has 0 bridgehead atoms. The Morgan fingerprint density at radius 1 is 1.35 bits per heavy atom. The van der Waals surface area contributed by atoms with Crippen LogP contribution in [-0.2, 0) is 11.3 Å². The maximum absolute atomic E-state index is 11.8. The van der Waals surface area contributed by atoms with Crippen LogP contribution in [0.15, 0.2) is 16.6 Å². The summed E-state index contributed by atoms with van der Waals surface area (Å²) in [6, 6.07) is 3.79. The van der Waals surface area contributed by atoms with Crippen molar-refractivity contribution in [2.45, 2.75) is 39.4 Å². The number of fused-ring (bicyclic) bond motifs is 1. The van der Waals surface area contributed by atoms with Gasteiger partial charge in [0.1, 0.15) is 0 Å². The van der Waals surface area contributed by atoms with E-state index in [2.05, 4.69) is 26.6 Å². The van der Waals surface area contributed by atoms with E-state index in [0.717, 1.165) is 21.5 Å². The predicted molar refractivity (Wildman–Crippen MR) is 79.8 cm³/mol. The molecule has 0 spiro atoms. The third kappa shape index (κ3) is 3.64. The zero-order chi connectivity index (χ0) is 14.7. The van der Waals surface area contributed by atoms with Crippen LogP contribution in [0, 0.1) is 0 Å². The quantitative estimate of drug-likeness (QED) is 0.860. The fourth-order valence-electron chi connectivity index (χ4n) is 1.90. The second-order valence-corrected chi connectivity index (χ2v) is 5.93. The number of carbonyl (C=O) groups excluding carboxylic acids is 1. The van der Waals surface area contributed by atoms with Crippen molar-refractivity contribution in [2.24, 2.45) is 0 Å². The third-order valence-electron chi connectivity index (χ3n) is 2.92. The SMILES string of the molecule is CC(C)NC(=O)C(C)NCc1cc(Br)c2c(c1)OCO2. The van der Waals surface area contributed by atoms with Gasteiger partial charge >= 0.3 is 0 Å². The normalized spacial score (nSPS) is 14.4. The molecule has 5 nitrogen and oxygen atoms in total. The standard InChI is InChI=1S/C14H19BrN2O3/c1-8(2)17-14(18)9(3)16-6-10-4-11(15)13-12(5-10)19-7-20-13/h4-5,8-9,16H,6-7H2,1-3H3,(H,17,18). The summed E-state index contributed by atoms with van der Waals surface area (Å²) in [6.07, 6.45) is 0. The molecule has 0 aromatic heterocycles. The molecule has 1 aromatic carbocycles. The van der Waals surface area contributed by atoms with Gasteiger partial charge in [-0.3, -0.25) is 4.79 Å². The lowest BCUT2D eigenvalue weighted by Gasteiger charge is -2.16. The number of carbonyl (C=O) groups is 1. The highest BCUT2D eigenvalue weighted by Crippen LogP contribution is 2.39. The molecule has 1 heterocycles. The highest BCUT2D eigenvalue weighted by atomic mass is 79.9. The lowest BCUT2D eigenvalue weighted by atomic mass is 10.2. The van der Waals surface area contributed by atoms with Gasteiger partial charge in [-0.15, -0.1) is 0 Å². The molecule has 1 aliphatic rings. The molecule has 6 heteroatoms. The molecule has 1 atom stereocenters. The summed E-state index contributed by atoms with van der Waals surface area (Å²) < 4.78 is 11.6. The van der Waals surface area contributed by atoms with E-state index in [9.17, 15) is 4.79 Å². The van der Waals surface area contributed by atoms with E-state index >= 15 is 0 Å². The number of amides is 1. The number of ether oxygens (including phenoxy) is 2. The highest BCUT2D eigenvalue weighted by molar-refractivity contribution is 9.10. The average Bonchev–Trinajstić information content (AvgIpc) is 2.83. The Morgan fingerprint density at radius 3 is 2.80 bits per heavy atom. The Morgan fingerprint density at radius 2 is 2.10 bits per heavy atom. The minimum atomic E-state index is -0.249. The largest absolute Gasteiger partial charge is 0.454 e. The molecule has 110 valence electrons. The molecule has 2 rings (SSSR count). The number of hydrogen-bond acceptors (Lipinski definition) is 4. The Balaban J connectivity index is 1.94. The van der Waals surface area contributed by atoms with Gasteiger partial charge in [-0.05, 0) is 54.4 Å². The van der Waals surface area contributed by atoms with E-state index in [0.29, 0.717) is 6.54 Å². The summed E-state index contributed by atoms with van der Waals surface area (Å²) in [7, 11) is 0. The number of benzene rings is 1. The van der Waals surface area contributed by atoms with Gasteiger partial charge in [0.25, 0.3) is 0 Å². The van der Waals surface area contributed by atoms with Crippen LogP contribution in [0.2, 0.25) is 0 Å². The van der Waals surface area contributed by atoms with Crippen LogP contribution >= 0.6 is 15.9 Å². The van der Waals surface area contributed by atoms with Gasteiger partial charge in [0.15, 0.2) is 11.5 Å². The van der Waals surface area contributed by atoms with Gasteiger partial charge in [0.2, 0.25) is 12.7 Å². The monoisotopic (exact) mass is 342 g/mol. The molecule has 20 heavy (non-hydrogen) atoms. The fourth-order valence-corrected chi connectivity index (χ4v) is 2.50. The number of halogens is 1. The van der Waals surface area contributed by atoms with Crippen LogP contribution in [-0.4, -0.2) is 24.8 Å². The van der Waals surface area contributed by atoms with Crippen LogP contribution in [0.4, 0.5) is 0 Å². The van der Waals surface area contributed by atoms with E-state index < -0.39 is 0 Å². The predicted octanol–water partition coefficient (Wildman–Crippen LogP) is 2.18. The van der Waals surface area contributed by atoms with E-state index in [4.69, 9.17) is 9.47 Å². The van der Waals surface area contributed by atoms with Gasteiger partial charge in [-0.2, -0.15) is 0 Å². The molecule has 1 aromatic rings. The van der Waals surface area contributed by atoms with Gasteiger partial charge in [-0.1, -0.05) is 0 Å². The van der Waals surface area contributed by atoms with E-state index in [1.165, 1.54) is 0 Å². The van der Waals surface area contributed by atoms with Gasteiger partial charge < -0.3 is 20.1 Å². The zero-order valence-electron chi connectivity index (χ0n) is 11.8. The lowest BCUT2D eigenvalue weighted by molar-refractivity contribution is -0.123. The third-order valence-corrected chi connectivity index (χ3v) is 3.51. The molecular formula is C14H19BrN2O3. The van der Waals surface area contributed by atoms with Crippen molar-refractivity contribution in [3.8, 4) is 11.5 Å². The van der Waals surface area contributed by atoms with Crippen LogP contribution in [0.25, 0.3) is 0 Å². The van der Waals surface area contributed by atoms with E-state index in [1.54, 1.807) is 0 Å². The smallest absolute Gasteiger partial charge is 0.237 e. The van der Waals surface area contributed by atoms with Crippen molar-refractivity contribution >= 4 is 21.8 Å². The summed E-state index contributed by atoms with van der Waals surface area (Å²) >= 11 is 3.45. The number of rotatable bonds is 5. The molecule has 1 aliphatic heterocycles. The average molecular weight is 343 g/mol. The molecule has 0 aliphatic carbocycles. The topological polar surface area (TPSA) is 59.6 Å². The summed E-state index contributed by atoms with van der Waals surface area (Å²) in [4.78, 5) is 11.8. The second kappa shape index (κ2) is 6.45. The first-order valence-corrected chi connectivity index (χ1v) is 7.38. The maximum atomic E-state index is 11.8. The van der Waals surface area contributed by atoms with Crippen molar-refractivity contribution < 1.29 is 14.3 Å². The molecule has 0 saturated carbocycles. The maximum Gasteiger partial charge on any atom is 0.237 e. The summed E-state index contributed by atoms with van der Waals surface area (Å²) in [5, 5.41) is 6.07. The Hall–Kier alpha value is -1.27. The molecule has 0 radical (unpaired) electrons. The first-order chi connectivity index (χ1) is 9.47. The van der Waals surface area contributed by atoms with Crippen LogP contribution in [0.1, 0.15) is 26.3 Å². The molecule has 1 unspecified atom stereocenters. The van der Waals surface area contributed by atoms with Crippen LogP contribution in [0.5, 0.6) is 11.5 Å². The molecular weight excluding hydrogens is 324 g/mol. The summed E-state index contributed by atoms with van der Waals surface area (Å²) in [6.45, 7) is 6.57. The van der Waals surface area contributed by atoms with Crippen molar-refractivity contribution in [1.29, 1.82) is 0 Å². The Kier molecular flexibility index (Phi) is 4.88. The first kappa shape index (κ1) is 15.1. The fraction of sp³-hybridized carbons (Fsp3) is 0.500. The molecule has 0 fully saturated rings. The van der Waals surface area contributed by atoms with Gasteiger partial charge in [-0.25, -0.2) is 0 Å². The molecule has 0 saturated heterocycles. The Labute approximate surface area is 127 Å². The van der Waals surface area contributed by atoms with Gasteiger partial charge in [0.05, 0.1) is 10.5 Å². The Bertz CT molecular complexity index is 505. The summed E-state index contributed by atoms with van der Waals surface area (Å²) in [5.74, 6) is 1.47. The first-order valence-electron chi connectivity index (χ1n) is 6.59. The van der Waals surface area contributed by atoms with E-state index in [-0.39, 0.29) is 24.8 Å². The minimum Gasteiger partial charge on any atom is -0.454 e. The van der Waals surface area contributed by atoms with Crippen LogP contribution < -0.4 is 20.1 Å². The number of nitrogens with one attached hydrogen (secondary N) is 2. The summed E-state index contributed by atoms with van der Waals surface area (Å²) in [5.41, 5.74) is 1.03.